The first-order valence-electron chi connectivity index (χ1n) is 6.65. The molecular weight excluding hydrogens is 313 g/mol. The molecule has 6 heteroatoms. The number of halogens is 2. The van der Waals surface area contributed by atoms with Crippen molar-refractivity contribution < 1.29 is 14.3 Å². The lowest BCUT2D eigenvalue weighted by Crippen LogP contribution is -2.41. The summed E-state index contributed by atoms with van der Waals surface area (Å²) >= 11 is 11.9. The van der Waals surface area contributed by atoms with Crippen molar-refractivity contribution in [3.8, 4) is 0 Å². The van der Waals surface area contributed by atoms with Crippen LogP contribution in [-0.2, 0) is 9.47 Å². The first-order valence-corrected chi connectivity index (χ1v) is 7.41. The van der Waals surface area contributed by atoms with Crippen molar-refractivity contribution in [2.75, 3.05) is 13.7 Å². The molecule has 0 aliphatic rings. The third-order valence-corrected chi connectivity index (χ3v) is 3.36. The van der Waals surface area contributed by atoms with Crippen molar-refractivity contribution in [1.82, 2.24) is 5.32 Å². The van der Waals surface area contributed by atoms with Gasteiger partial charge in [0.2, 0.25) is 0 Å². The van der Waals surface area contributed by atoms with Crippen LogP contribution < -0.4 is 5.32 Å². The minimum Gasteiger partial charge on any atom is -0.441 e. The van der Waals surface area contributed by atoms with Gasteiger partial charge in [-0.05, 0) is 38.5 Å². The monoisotopic (exact) mass is 333 g/mol. The van der Waals surface area contributed by atoms with Crippen molar-refractivity contribution in [3.05, 3.63) is 33.8 Å². The molecule has 0 spiro atoms. The van der Waals surface area contributed by atoms with Gasteiger partial charge in [-0.2, -0.15) is 0 Å². The second-order valence-electron chi connectivity index (χ2n) is 5.72. The molecule has 1 unspecified atom stereocenters. The van der Waals surface area contributed by atoms with E-state index in [0.29, 0.717) is 23.1 Å². The molecule has 0 fully saturated rings. The Morgan fingerprint density at radius 3 is 2.48 bits per heavy atom. The highest BCUT2D eigenvalue weighted by Gasteiger charge is 2.21. The topological polar surface area (TPSA) is 47.6 Å². The second-order valence-corrected chi connectivity index (χ2v) is 6.54. The number of nitrogens with one attached hydrogen (secondary N) is 1. The van der Waals surface area contributed by atoms with Gasteiger partial charge in [0, 0.05) is 19.1 Å². The van der Waals surface area contributed by atoms with Gasteiger partial charge < -0.3 is 14.8 Å². The van der Waals surface area contributed by atoms with Crippen molar-refractivity contribution in [3.63, 3.8) is 0 Å². The van der Waals surface area contributed by atoms with E-state index in [2.05, 4.69) is 5.32 Å². The van der Waals surface area contributed by atoms with Crippen LogP contribution in [0.3, 0.4) is 0 Å². The third-order valence-electron chi connectivity index (χ3n) is 2.63. The summed E-state index contributed by atoms with van der Waals surface area (Å²) in [5.41, 5.74) is 0.422. The average Bonchev–Trinajstić information content (AvgIpc) is 2.35. The van der Waals surface area contributed by atoms with Crippen LogP contribution in [0.1, 0.15) is 38.9 Å². The predicted octanol–water partition coefficient (Wildman–Crippen LogP) is 4.60. The molecule has 0 radical (unpaired) electrons. The maximum absolute atomic E-state index is 11.9. The number of hydrogen-bond donors (Lipinski definition) is 1. The van der Waals surface area contributed by atoms with E-state index in [1.165, 1.54) is 0 Å². The van der Waals surface area contributed by atoms with Crippen molar-refractivity contribution in [2.24, 2.45) is 0 Å². The van der Waals surface area contributed by atoms with Crippen molar-refractivity contribution in [2.45, 2.75) is 38.8 Å². The summed E-state index contributed by atoms with van der Waals surface area (Å²) in [6.45, 7) is 6.13. The smallest absolute Gasteiger partial charge is 0.408 e. The van der Waals surface area contributed by atoms with Gasteiger partial charge in [0.1, 0.15) is 6.10 Å². The van der Waals surface area contributed by atoms with E-state index < -0.39 is 12.2 Å². The molecule has 1 rings (SSSR count). The molecule has 1 aromatic rings. The molecule has 0 aliphatic heterocycles. The molecule has 0 aromatic heterocycles. The van der Waals surface area contributed by atoms with Crippen LogP contribution in [0.5, 0.6) is 0 Å². The zero-order chi connectivity index (χ0) is 16.0. The SMILES string of the molecule is COCCC(OC(=O)NC(C)(C)C)c1ccc(Cl)c(Cl)c1. The fourth-order valence-electron chi connectivity index (χ4n) is 1.70. The number of carbonyl (C=O) groups excluding carboxylic acids is 1. The lowest BCUT2D eigenvalue weighted by Gasteiger charge is -2.24. The number of carbonyl (C=O) groups is 1. The maximum atomic E-state index is 11.9. The Hall–Kier alpha value is -0.970. The van der Waals surface area contributed by atoms with E-state index in [0.717, 1.165) is 5.56 Å². The molecule has 1 atom stereocenters. The van der Waals surface area contributed by atoms with E-state index in [-0.39, 0.29) is 5.54 Å². The van der Waals surface area contributed by atoms with Crippen LogP contribution in [0.15, 0.2) is 18.2 Å². The minimum absolute atomic E-state index is 0.361. The molecule has 0 saturated heterocycles. The molecule has 4 nitrogen and oxygen atoms in total. The van der Waals surface area contributed by atoms with Gasteiger partial charge in [-0.3, -0.25) is 0 Å². The number of hydrogen-bond acceptors (Lipinski definition) is 3. The fraction of sp³-hybridized carbons (Fsp3) is 0.533. The second kappa shape index (κ2) is 7.87. The zero-order valence-electron chi connectivity index (χ0n) is 12.7. The van der Waals surface area contributed by atoms with Gasteiger partial charge in [-0.1, -0.05) is 29.3 Å². The third kappa shape index (κ3) is 6.55. The average molecular weight is 334 g/mol. The molecule has 21 heavy (non-hydrogen) atoms. The van der Waals surface area contributed by atoms with Crippen LogP contribution in [0, 0.1) is 0 Å². The molecule has 1 aromatic carbocycles. The van der Waals surface area contributed by atoms with E-state index in [4.69, 9.17) is 32.7 Å². The Bertz CT molecular complexity index is 486. The highest BCUT2D eigenvalue weighted by atomic mass is 35.5. The fourth-order valence-corrected chi connectivity index (χ4v) is 2.00. The number of amides is 1. The van der Waals surface area contributed by atoms with Crippen LogP contribution in [0.4, 0.5) is 4.79 Å². The summed E-state index contributed by atoms with van der Waals surface area (Å²) in [7, 11) is 1.60. The molecule has 1 N–H and O–H groups in total. The van der Waals surface area contributed by atoms with Gasteiger partial charge in [0.05, 0.1) is 16.7 Å². The molecule has 1 amide bonds. The Kier molecular flexibility index (Phi) is 6.78. The molecule has 0 saturated carbocycles. The minimum atomic E-state index is -0.477. The van der Waals surface area contributed by atoms with E-state index in [1.54, 1.807) is 25.3 Å². The van der Waals surface area contributed by atoms with E-state index >= 15 is 0 Å². The Labute approximate surface area is 135 Å². The van der Waals surface area contributed by atoms with E-state index in [1.807, 2.05) is 20.8 Å². The van der Waals surface area contributed by atoms with Gasteiger partial charge >= 0.3 is 6.09 Å². The summed E-state index contributed by atoms with van der Waals surface area (Å²) in [6, 6.07) is 5.18. The molecule has 118 valence electrons. The van der Waals surface area contributed by atoms with Crippen molar-refractivity contribution in [1.29, 1.82) is 0 Å². The molecule has 0 bridgehead atoms. The number of methoxy groups -OCH3 is 1. The number of ether oxygens (including phenoxy) is 2. The maximum Gasteiger partial charge on any atom is 0.408 e. The lowest BCUT2D eigenvalue weighted by molar-refractivity contribution is 0.0668. The first-order chi connectivity index (χ1) is 9.73. The highest BCUT2D eigenvalue weighted by Crippen LogP contribution is 2.29. The van der Waals surface area contributed by atoms with E-state index in [9.17, 15) is 4.79 Å². The van der Waals surface area contributed by atoms with Gasteiger partial charge in [0.15, 0.2) is 0 Å². The highest BCUT2D eigenvalue weighted by molar-refractivity contribution is 6.42. The standard InChI is InChI=1S/C15H21Cl2NO3/c1-15(2,3)18-14(19)21-13(7-8-20-4)10-5-6-11(16)12(17)9-10/h5-6,9,13H,7-8H2,1-4H3,(H,18,19). The molecule has 0 aliphatic carbocycles. The van der Waals surface area contributed by atoms with Crippen molar-refractivity contribution >= 4 is 29.3 Å². The van der Waals surface area contributed by atoms with Crippen LogP contribution in [0.2, 0.25) is 10.0 Å². The normalized spacial score (nSPS) is 12.9. The largest absolute Gasteiger partial charge is 0.441 e. The predicted molar refractivity (Wildman–Crippen MR) is 85.1 cm³/mol. The summed E-state index contributed by atoms with van der Waals surface area (Å²) in [5.74, 6) is 0. The first kappa shape index (κ1) is 18.1. The molecular formula is C15H21Cl2NO3. The van der Waals surface area contributed by atoms with Crippen LogP contribution >= 0.6 is 23.2 Å². The van der Waals surface area contributed by atoms with Gasteiger partial charge in [-0.25, -0.2) is 4.79 Å². The summed E-state index contributed by atoms with van der Waals surface area (Å²) in [6.07, 6.45) is -0.386. The van der Waals surface area contributed by atoms with Crippen LogP contribution in [0.25, 0.3) is 0 Å². The number of benzene rings is 1. The van der Waals surface area contributed by atoms with Gasteiger partial charge in [0.25, 0.3) is 0 Å². The summed E-state index contributed by atoms with van der Waals surface area (Å²) < 4.78 is 10.5. The Morgan fingerprint density at radius 2 is 1.95 bits per heavy atom. The molecule has 0 heterocycles. The Morgan fingerprint density at radius 1 is 1.29 bits per heavy atom. The Balaban J connectivity index is 2.84. The number of alkyl carbamates (subject to hydrolysis) is 1. The van der Waals surface area contributed by atoms with Gasteiger partial charge in [-0.15, -0.1) is 0 Å². The van der Waals surface area contributed by atoms with Crippen LogP contribution in [-0.4, -0.2) is 25.3 Å². The summed E-state index contributed by atoms with van der Waals surface area (Å²) in [4.78, 5) is 11.9. The quantitative estimate of drug-likeness (QED) is 0.856. The lowest BCUT2D eigenvalue weighted by atomic mass is 10.1. The number of rotatable bonds is 5. The summed E-state index contributed by atoms with van der Waals surface area (Å²) in [5, 5.41) is 3.65. The zero-order valence-corrected chi connectivity index (χ0v) is 14.2.